The minimum Gasteiger partial charge on any atom is -0.478 e. The van der Waals surface area contributed by atoms with Crippen molar-refractivity contribution in [3.63, 3.8) is 0 Å². The van der Waals surface area contributed by atoms with Gasteiger partial charge in [0, 0.05) is 12.6 Å². The van der Waals surface area contributed by atoms with E-state index in [2.05, 4.69) is 10.6 Å². The second-order valence-corrected chi connectivity index (χ2v) is 6.05. The number of benzene rings is 1. The molecule has 2 rings (SSSR count). The second kappa shape index (κ2) is 7.26. The zero-order valence-electron chi connectivity index (χ0n) is 13.4. The van der Waals surface area contributed by atoms with Crippen LogP contribution in [0.2, 0.25) is 0 Å². The van der Waals surface area contributed by atoms with Crippen LogP contribution in [0.15, 0.2) is 18.2 Å². The highest BCUT2D eigenvalue weighted by atomic mass is 16.4. The van der Waals surface area contributed by atoms with Gasteiger partial charge in [0.05, 0.1) is 5.56 Å². The third kappa shape index (κ3) is 4.31. The summed E-state index contributed by atoms with van der Waals surface area (Å²) in [5, 5.41) is 14.6. The van der Waals surface area contributed by atoms with E-state index in [0.29, 0.717) is 5.69 Å². The summed E-state index contributed by atoms with van der Waals surface area (Å²) >= 11 is 0. The third-order valence-corrected chi connectivity index (χ3v) is 4.25. The maximum Gasteiger partial charge on any atom is 0.335 e. The van der Waals surface area contributed by atoms with Crippen LogP contribution in [-0.2, 0) is 9.59 Å². The smallest absolute Gasteiger partial charge is 0.335 e. The molecule has 0 heterocycles. The lowest BCUT2D eigenvalue weighted by molar-refractivity contribution is -0.126. The summed E-state index contributed by atoms with van der Waals surface area (Å²) in [6.07, 6.45) is 3.93. The Bertz CT molecular complexity index is 621. The first-order chi connectivity index (χ1) is 10.9. The van der Waals surface area contributed by atoms with E-state index in [0.717, 1.165) is 31.2 Å². The fourth-order valence-electron chi connectivity index (χ4n) is 3.01. The van der Waals surface area contributed by atoms with Gasteiger partial charge < -0.3 is 15.7 Å². The highest BCUT2D eigenvalue weighted by Gasteiger charge is 2.31. The largest absolute Gasteiger partial charge is 0.478 e. The zero-order chi connectivity index (χ0) is 17.0. The Labute approximate surface area is 135 Å². The molecule has 0 spiro atoms. The molecule has 3 N–H and O–H groups in total. The molecule has 6 heteroatoms. The van der Waals surface area contributed by atoms with Gasteiger partial charge >= 0.3 is 5.97 Å². The van der Waals surface area contributed by atoms with Crippen LogP contribution >= 0.6 is 0 Å². The minimum atomic E-state index is -1.05. The predicted octanol–water partition coefficient (Wildman–Crippen LogP) is 2.33. The van der Waals surface area contributed by atoms with Crippen molar-refractivity contribution >= 4 is 23.5 Å². The molecule has 0 radical (unpaired) electrons. The molecule has 0 saturated heterocycles. The molecule has 0 aliphatic heterocycles. The first kappa shape index (κ1) is 17.0. The molecule has 124 valence electrons. The maximum absolute atomic E-state index is 12.6. The van der Waals surface area contributed by atoms with Crippen LogP contribution in [0.4, 0.5) is 5.69 Å². The number of hydrogen-bond acceptors (Lipinski definition) is 3. The zero-order valence-corrected chi connectivity index (χ0v) is 13.4. The number of carbonyl (C=O) groups excluding carboxylic acids is 2. The molecule has 2 amide bonds. The van der Waals surface area contributed by atoms with Crippen molar-refractivity contribution in [2.45, 2.75) is 45.6 Å². The predicted molar refractivity (Wildman–Crippen MR) is 86.3 cm³/mol. The minimum absolute atomic E-state index is 0.114. The maximum atomic E-state index is 12.6. The van der Waals surface area contributed by atoms with Crippen molar-refractivity contribution < 1.29 is 19.5 Å². The van der Waals surface area contributed by atoms with Crippen LogP contribution in [0.5, 0.6) is 0 Å². The van der Waals surface area contributed by atoms with Crippen LogP contribution in [0.25, 0.3) is 0 Å². The van der Waals surface area contributed by atoms with Crippen molar-refractivity contribution in [2.24, 2.45) is 5.92 Å². The fraction of sp³-hybridized carbons (Fsp3) is 0.471. The van der Waals surface area contributed by atoms with Gasteiger partial charge in [-0.15, -0.1) is 0 Å². The van der Waals surface area contributed by atoms with Gasteiger partial charge in [0.25, 0.3) is 0 Å². The summed E-state index contributed by atoms with van der Waals surface area (Å²) in [7, 11) is 0. The quantitative estimate of drug-likeness (QED) is 0.776. The number of aromatic carboxylic acids is 1. The van der Waals surface area contributed by atoms with Gasteiger partial charge in [0.2, 0.25) is 11.8 Å². The molecular formula is C17H22N2O4. The van der Waals surface area contributed by atoms with Crippen molar-refractivity contribution in [3.05, 3.63) is 29.3 Å². The van der Waals surface area contributed by atoms with E-state index < -0.39 is 12.0 Å². The standard InChI is InChI=1S/C17H22N2O4/c1-10-7-8-13(17(22)23)9-14(10)19-16(21)15(18-11(2)20)12-5-3-4-6-12/h7-9,12,15H,3-6H2,1-2H3,(H,18,20)(H,19,21)(H,22,23). The summed E-state index contributed by atoms with van der Waals surface area (Å²) in [5.41, 5.74) is 1.35. The highest BCUT2D eigenvalue weighted by molar-refractivity contribution is 5.99. The van der Waals surface area contributed by atoms with Crippen LogP contribution in [0, 0.1) is 12.8 Å². The molecule has 6 nitrogen and oxygen atoms in total. The van der Waals surface area contributed by atoms with E-state index in [1.54, 1.807) is 13.0 Å². The van der Waals surface area contributed by atoms with E-state index >= 15 is 0 Å². The number of carboxylic acids is 1. The molecular weight excluding hydrogens is 296 g/mol. The average Bonchev–Trinajstić information content (AvgIpc) is 3.00. The van der Waals surface area contributed by atoms with Crippen molar-refractivity contribution in [1.82, 2.24) is 5.32 Å². The van der Waals surface area contributed by atoms with Crippen molar-refractivity contribution in [3.8, 4) is 0 Å². The number of nitrogens with one attached hydrogen (secondary N) is 2. The third-order valence-electron chi connectivity index (χ3n) is 4.25. The number of carboxylic acid groups (broad SMARTS) is 1. The lowest BCUT2D eigenvalue weighted by Crippen LogP contribution is -2.47. The summed E-state index contributed by atoms with van der Waals surface area (Å²) in [6.45, 7) is 3.19. The van der Waals surface area contributed by atoms with Crippen LogP contribution < -0.4 is 10.6 Å². The molecule has 1 aliphatic carbocycles. The lowest BCUT2D eigenvalue weighted by Gasteiger charge is -2.23. The molecule has 1 aliphatic rings. The Morgan fingerprint density at radius 3 is 2.43 bits per heavy atom. The monoisotopic (exact) mass is 318 g/mol. The van der Waals surface area contributed by atoms with Gasteiger partial charge in [0.1, 0.15) is 6.04 Å². The number of amides is 2. The van der Waals surface area contributed by atoms with Gasteiger partial charge in [0.15, 0.2) is 0 Å². The molecule has 23 heavy (non-hydrogen) atoms. The second-order valence-electron chi connectivity index (χ2n) is 6.05. The number of hydrogen-bond donors (Lipinski definition) is 3. The molecule has 0 aromatic heterocycles. The number of carbonyl (C=O) groups is 3. The van der Waals surface area contributed by atoms with E-state index in [9.17, 15) is 14.4 Å². The van der Waals surface area contributed by atoms with E-state index in [4.69, 9.17) is 5.11 Å². The Morgan fingerprint density at radius 2 is 1.87 bits per heavy atom. The van der Waals surface area contributed by atoms with Crippen molar-refractivity contribution in [2.75, 3.05) is 5.32 Å². The normalized spacial score (nSPS) is 15.9. The van der Waals surface area contributed by atoms with E-state index in [1.807, 2.05) is 0 Å². The van der Waals surface area contributed by atoms with E-state index in [1.165, 1.54) is 19.1 Å². The van der Waals surface area contributed by atoms with Crippen LogP contribution in [0.1, 0.15) is 48.5 Å². The van der Waals surface area contributed by atoms with Gasteiger partial charge in [-0.2, -0.15) is 0 Å². The van der Waals surface area contributed by atoms with Gasteiger partial charge in [-0.3, -0.25) is 9.59 Å². The Hall–Kier alpha value is -2.37. The fourth-order valence-corrected chi connectivity index (χ4v) is 3.01. The summed E-state index contributed by atoms with van der Waals surface area (Å²) < 4.78 is 0. The highest BCUT2D eigenvalue weighted by Crippen LogP contribution is 2.28. The molecule has 1 fully saturated rings. The summed E-state index contributed by atoms with van der Waals surface area (Å²) in [5.74, 6) is -1.46. The average molecular weight is 318 g/mol. The molecule has 1 aromatic carbocycles. The number of aryl methyl sites for hydroxylation is 1. The van der Waals surface area contributed by atoms with Crippen molar-refractivity contribution in [1.29, 1.82) is 0 Å². The molecule has 1 saturated carbocycles. The van der Waals surface area contributed by atoms with Gasteiger partial charge in [-0.05, 0) is 43.4 Å². The Morgan fingerprint density at radius 1 is 1.22 bits per heavy atom. The molecule has 1 atom stereocenters. The molecule has 1 aromatic rings. The van der Waals surface area contributed by atoms with Crippen LogP contribution in [-0.4, -0.2) is 28.9 Å². The first-order valence-corrected chi connectivity index (χ1v) is 7.80. The number of anilines is 1. The molecule has 0 bridgehead atoms. The first-order valence-electron chi connectivity index (χ1n) is 7.80. The van der Waals surface area contributed by atoms with Gasteiger partial charge in [-0.1, -0.05) is 18.9 Å². The summed E-state index contributed by atoms with van der Waals surface area (Å²) in [6, 6.07) is 4.01. The molecule has 1 unspecified atom stereocenters. The lowest BCUT2D eigenvalue weighted by atomic mass is 9.97. The SMILES string of the molecule is CC(=O)NC(C(=O)Nc1cc(C(=O)O)ccc1C)C1CCCC1. The summed E-state index contributed by atoms with van der Waals surface area (Å²) in [4.78, 5) is 35.1. The topological polar surface area (TPSA) is 95.5 Å². The van der Waals surface area contributed by atoms with Crippen LogP contribution in [0.3, 0.4) is 0 Å². The van der Waals surface area contributed by atoms with Gasteiger partial charge in [-0.25, -0.2) is 4.79 Å². The Balaban J connectivity index is 2.18. The number of rotatable bonds is 5. The Kier molecular flexibility index (Phi) is 5.36. The van der Waals surface area contributed by atoms with E-state index in [-0.39, 0.29) is 23.3 Å².